The lowest BCUT2D eigenvalue weighted by atomic mass is 9.67. The second kappa shape index (κ2) is 5.30. The molecule has 1 saturated carbocycles. The molecule has 1 heterocycles. The van der Waals surface area contributed by atoms with Gasteiger partial charge in [-0.05, 0) is 37.5 Å². The van der Waals surface area contributed by atoms with Crippen LogP contribution in [-0.2, 0) is 14.3 Å². The highest BCUT2D eigenvalue weighted by atomic mass is 16.7. The van der Waals surface area contributed by atoms with Crippen molar-refractivity contribution in [3.8, 4) is 0 Å². The zero-order chi connectivity index (χ0) is 13.2. The first-order chi connectivity index (χ1) is 8.44. The predicted molar refractivity (Wildman–Crippen MR) is 70.3 cm³/mol. The van der Waals surface area contributed by atoms with Crippen LogP contribution in [0.4, 0.5) is 0 Å². The van der Waals surface area contributed by atoms with Gasteiger partial charge in [-0.1, -0.05) is 13.8 Å². The second-order valence-electron chi connectivity index (χ2n) is 6.59. The predicted octanol–water partition coefficient (Wildman–Crippen LogP) is 3.32. The van der Waals surface area contributed by atoms with Crippen LogP contribution in [0.25, 0.3) is 0 Å². The standard InChI is InChI=1S/C15H26O3/c1-12(16)6-8-14(2,3)13-5-4-7-15(11-13)17-9-10-18-15/h13H,4-11H2,1-3H3. The van der Waals surface area contributed by atoms with Crippen LogP contribution in [0.2, 0.25) is 0 Å². The van der Waals surface area contributed by atoms with Crippen molar-refractivity contribution in [1.29, 1.82) is 0 Å². The molecule has 0 aromatic carbocycles. The van der Waals surface area contributed by atoms with Gasteiger partial charge in [-0.15, -0.1) is 0 Å². The Hall–Kier alpha value is -0.410. The van der Waals surface area contributed by atoms with E-state index in [9.17, 15) is 4.79 Å². The summed E-state index contributed by atoms with van der Waals surface area (Å²) in [7, 11) is 0. The molecule has 104 valence electrons. The number of hydrogen-bond donors (Lipinski definition) is 0. The molecule has 18 heavy (non-hydrogen) atoms. The number of carbonyl (C=O) groups is 1. The van der Waals surface area contributed by atoms with Gasteiger partial charge in [-0.2, -0.15) is 0 Å². The van der Waals surface area contributed by atoms with E-state index in [4.69, 9.17) is 9.47 Å². The van der Waals surface area contributed by atoms with Crippen molar-refractivity contribution in [2.24, 2.45) is 11.3 Å². The van der Waals surface area contributed by atoms with Crippen molar-refractivity contribution in [2.45, 2.75) is 65.1 Å². The van der Waals surface area contributed by atoms with E-state index < -0.39 is 0 Å². The molecule has 0 aromatic heterocycles. The molecule has 0 radical (unpaired) electrons. The molecule has 2 aliphatic rings. The van der Waals surface area contributed by atoms with Crippen LogP contribution in [0.5, 0.6) is 0 Å². The zero-order valence-corrected chi connectivity index (χ0v) is 12.0. The van der Waals surface area contributed by atoms with Crippen molar-refractivity contribution < 1.29 is 14.3 Å². The summed E-state index contributed by atoms with van der Waals surface area (Å²) < 4.78 is 11.7. The molecular formula is C15H26O3. The molecule has 1 aliphatic carbocycles. The summed E-state index contributed by atoms with van der Waals surface area (Å²) in [5, 5.41) is 0. The fourth-order valence-corrected chi connectivity index (χ4v) is 3.33. The van der Waals surface area contributed by atoms with Gasteiger partial charge in [-0.3, -0.25) is 0 Å². The number of ketones is 1. The Balaban J connectivity index is 1.96. The summed E-state index contributed by atoms with van der Waals surface area (Å²) in [5.41, 5.74) is 0.203. The molecule has 3 heteroatoms. The lowest BCUT2D eigenvalue weighted by Crippen LogP contribution is -2.41. The second-order valence-corrected chi connectivity index (χ2v) is 6.59. The Morgan fingerprint density at radius 3 is 2.61 bits per heavy atom. The molecule has 3 nitrogen and oxygen atoms in total. The monoisotopic (exact) mass is 254 g/mol. The van der Waals surface area contributed by atoms with Gasteiger partial charge in [0.05, 0.1) is 13.2 Å². The van der Waals surface area contributed by atoms with Crippen LogP contribution >= 0.6 is 0 Å². The summed E-state index contributed by atoms with van der Waals surface area (Å²) in [6.07, 6.45) is 6.11. The lowest BCUT2D eigenvalue weighted by molar-refractivity contribution is -0.195. The van der Waals surface area contributed by atoms with Crippen LogP contribution in [0.1, 0.15) is 59.3 Å². The SMILES string of the molecule is CC(=O)CCC(C)(C)C1CCCC2(C1)OCCO2. The molecule has 2 rings (SSSR count). The molecular weight excluding hydrogens is 228 g/mol. The summed E-state index contributed by atoms with van der Waals surface area (Å²) in [4.78, 5) is 11.2. The molecule has 0 aromatic rings. The first kappa shape index (κ1) is 14.0. The highest BCUT2D eigenvalue weighted by molar-refractivity contribution is 5.75. The lowest BCUT2D eigenvalue weighted by Gasteiger charge is -2.43. The number of ether oxygens (including phenoxy) is 2. The Morgan fingerprint density at radius 2 is 2.00 bits per heavy atom. The minimum absolute atomic E-state index is 0.203. The van der Waals surface area contributed by atoms with E-state index in [1.165, 1.54) is 12.8 Å². The van der Waals surface area contributed by atoms with E-state index >= 15 is 0 Å². The third-order valence-corrected chi connectivity index (χ3v) is 4.71. The highest BCUT2D eigenvalue weighted by Gasteiger charge is 2.45. The van der Waals surface area contributed by atoms with Crippen LogP contribution in [-0.4, -0.2) is 24.8 Å². The van der Waals surface area contributed by atoms with Crippen molar-refractivity contribution in [1.82, 2.24) is 0 Å². The summed E-state index contributed by atoms with van der Waals surface area (Å²) in [5.74, 6) is 0.599. The first-order valence-electron chi connectivity index (χ1n) is 7.21. The van der Waals surface area contributed by atoms with Crippen LogP contribution in [0.3, 0.4) is 0 Å². The van der Waals surface area contributed by atoms with Gasteiger partial charge in [0.15, 0.2) is 5.79 Å². The van der Waals surface area contributed by atoms with Gasteiger partial charge in [0, 0.05) is 19.3 Å². The third-order valence-electron chi connectivity index (χ3n) is 4.71. The van der Waals surface area contributed by atoms with Crippen LogP contribution in [0.15, 0.2) is 0 Å². The van der Waals surface area contributed by atoms with Crippen molar-refractivity contribution in [3.63, 3.8) is 0 Å². The molecule has 2 fully saturated rings. The van der Waals surface area contributed by atoms with E-state index in [1.807, 2.05) is 0 Å². The van der Waals surface area contributed by atoms with Gasteiger partial charge < -0.3 is 14.3 Å². The Bertz CT molecular complexity index is 303. The molecule has 1 saturated heterocycles. The van der Waals surface area contributed by atoms with Gasteiger partial charge in [0.1, 0.15) is 5.78 Å². The molecule has 1 spiro atoms. The summed E-state index contributed by atoms with van der Waals surface area (Å²) >= 11 is 0. The number of hydrogen-bond acceptors (Lipinski definition) is 3. The average molecular weight is 254 g/mol. The van der Waals surface area contributed by atoms with E-state index in [1.54, 1.807) is 6.92 Å². The smallest absolute Gasteiger partial charge is 0.168 e. The first-order valence-corrected chi connectivity index (χ1v) is 7.21. The van der Waals surface area contributed by atoms with E-state index in [-0.39, 0.29) is 11.2 Å². The van der Waals surface area contributed by atoms with E-state index in [0.29, 0.717) is 18.1 Å². The average Bonchev–Trinajstić information content (AvgIpc) is 2.75. The Kier molecular flexibility index (Phi) is 4.12. The quantitative estimate of drug-likeness (QED) is 0.772. The van der Waals surface area contributed by atoms with Crippen LogP contribution in [0, 0.1) is 11.3 Å². The summed E-state index contributed by atoms with van der Waals surface area (Å²) in [6.45, 7) is 7.73. The normalized spacial score (nSPS) is 27.6. The molecule has 0 amide bonds. The third kappa shape index (κ3) is 3.12. The molecule has 1 unspecified atom stereocenters. The van der Waals surface area contributed by atoms with Gasteiger partial charge in [0.2, 0.25) is 0 Å². The van der Waals surface area contributed by atoms with Gasteiger partial charge >= 0.3 is 0 Å². The van der Waals surface area contributed by atoms with Crippen molar-refractivity contribution in [3.05, 3.63) is 0 Å². The molecule has 1 atom stereocenters. The molecule has 1 aliphatic heterocycles. The van der Waals surface area contributed by atoms with Crippen LogP contribution < -0.4 is 0 Å². The molecule has 0 bridgehead atoms. The number of carbonyl (C=O) groups excluding carboxylic acids is 1. The Labute approximate surface area is 110 Å². The highest BCUT2D eigenvalue weighted by Crippen LogP contribution is 2.47. The van der Waals surface area contributed by atoms with Gasteiger partial charge in [-0.25, -0.2) is 0 Å². The Morgan fingerprint density at radius 1 is 1.33 bits per heavy atom. The largest absolute Gasteiger partial charge is 0.348 e. The van der Waals surface area contributed by atoms with Gasteiger partial charge in [0.25, 0.3) is 0 Å². The minimum atomic E-state index is -0.295. The number of Topliss-reactive ketones (excluding diaryl/α,β-unsaturated/α-hetero) is 1. The summed E-state index contributed by atoms with van der Waals surface area (Å²) in [6, 6.07) is 0. The van der Waals surface area contributed by atoms with Crippen molar-refractivity contribution in [2.75, 3.05) is 13.2 Å². The maximum absolute atomic E-state index is 11.2. The fourth-order valence-electron chi connectivity index (χ4n) is 3.33. The van der Waals surface area contributed by atoms with E-state index in [0.717, 1.165) is 32.5 Å². The zero-order valence-electron chi connectivity index (χ0n) is 12.0. The fraction of sp³-hybridized carbons (Fsp3) is 0.933. The maximum atomic E-state index is 11.2. The topological polar surface area (TPSA) is 35.5 Å². The number of rotatable bonds is 4. The minimum Gasteiger partial charge on any atom is -0.348 e. The molecule has 0 N–H and O–H groups in total. The van der Waals surface area contributed by atoms with E-state index in [2.05, 4.69) is 13.8 Å². The van der Waals surface area contributed by atoms with Crippen molar-refractivity contribution >= 4 is 5.78 Å². The maximum Gasteiger partial charge on any atom is 0.168 e.